The summed E-state index contributed by atoms with van der Waals surface area (Å²) in [5.74, 6) is -1.14. The van der Waals surface area contributed by atoms with E-state index in [1.165, 1.54) is 18.2 Å². The van der Waals surface area contributed by atoms with Gasteiger partial charge in [0, 0.05) is 18.7 Å². The Kier molecular flexibility index (Phi) is 5.32. The van der Waals surface area contributed by atoms with Crippen LogP contribution in [0.4, 0.5) is 4.39 Å². The van der Waals surface area contributed by atoms with Crippen molar-refractivity contribution in [1.82, 2.24) is 5.32 Å². The second kappa shape index (κ2) is 7.21. The van der Waals surface area contributed by atoms with Crippen LogP contribution in [0.25, 0.3) is 6.08 Å². The van der Waals surface area contributed by atoms with Crippen molar-refractivity contribution in [2.75, 3.05) is 13.2 Å². The first-order valence-corrected chi connectivity index (χ1v) is 6.95. The molecule has 4 nitrogen and oxygen atoms in total. The number of benzene rings is 1. The smallest absolute Gasteiger partial charge is 0.262 e. The summed E-state index contributed by atoms with van der Waals surface area (Å²) >= 11 is 5.87. The summed E-state index contributed by atoms with van der Waals surface area (Å²) in [4.78, 5) is 11.9. The molecule has 1 aromatic rings. The molecule has 0 radical (unpaired) electrons. The van der Waals surface area contributed by atoms with E-state index in [0.717, 1.165) is 18.9 Å². The summed E-state index contributed by atoms with van der Waals surface area (Å²) in [6, 6.07) is 5.93. The van der Waals surface area contributed by atoms with Gasteiger partial charge in [-0.25, -0.2) is 4.39 Å². The van der Waals surface area contributed by atoms with Gasteiger partial charge < -0.3 is 10.1 Å². The van der Waals surface area contributed by atoms with Crippen molar-refractivity contribution in [3.05, 3.63) is 40.2 Å². The quantitative estimate of drug-likeness (QED) is 0.687. The minimum Gasteiger partial charge on any atom is -0.376 e. The molecule has 6 heteroatoms. The normalized spacial score (nSPS) is 18.3. The number of hydrogen-bond acceptors (Lipinski definition) is 3. The van der Waals surface area contributed by atoms with Crippen LogP contribution in [0.3, 0.4) is 0 Å². The lowest BCUT2D eigenvalue weighted by Crippen LogP contribution is -2.32. The van der Waals surface area contributed by atoms with Crippen molar-refractivity contribution in [3.63, 3.8) is 0 Å². The fourth-order valence-corrected chi connectivity index (χ4v) is 2.27. The zero-order chi connectivity index (χ0) is 15.2. The highest BCUT2D eigenvalue weighted by Crippen LogP contribution is 2.21. The molecule has 1 saturated heterocycles. The molecule has 1 aliphatic heterocycles. The van der Waals surface area contributed by atoms with Crippen LogP contribution in [0.5, 0.6) is 0 Å². The maximum absolute atomic E-state index is 13.7. The first-order valence-electron chi connectivity index (χ1n) is 6.57. The number of nitrogens with zero attached hydrogens (tertiary/aromatic N) is 1. The summed E-state index contributed by atoms with van der Waals surface area (Å²) in [5, 5.41) is 11.8. The Morgan fingerprint density at radius 2 is 2.43 bits per heavy atom. The molecule has 2 rings (SSSR count). The summed E-state index contributed by atoms with van der Waals surface area (Å²) in [5.41, 5.74) is -0.164. The molecule has 1 fully saturated rings. The fourth-order valence-electron chi connectivity index (χ4n) is 2.05. The van der Waals surface area contributed by atoms with Crippen LogP contribution >= 0.6 is 11.6 Å². The lowest BCUT2D eigenvalue weighted by atomic mass is 10.1. The molecule has 1 aliphatic rings. The number of ether oxygens (including phenoxy) is 1. The molecule has 1 heterocycles. The molecule has 1 N–H and O–H groups in total. The van der Waals surface area contributed by atoms with E-state index in [9.17, 15) is 9.18 Å². The number of hydrogen-bond donors (Lipinski definition) is 1. The third-order valence-corrected chi connectivity index (χ3v) is 3.50. The van der Waals surface area contributed by atoms with Gasteiger partial charge in [0.15, 0.2) is 0 Å². The van der Waals surface area contributed by atoms with E-state index in [-0.39, 0.29) is 22.3 Å². The topological polar surface area (TPSA) is 62.1 Å². The molecule has 0 aromatic heterocycles. The molecule has 110 valence electrons. The number of rotatable bonds is 4. The van der Waals surface area contributed by atoms with Gasteiger partial charge in [0.05, 0.1) is 11.1 Å². The van der Waals surface area contributed by atoms with Gasteiger partial charge in [-0.05, 0) is 31.1 Å². The zero-order valence-corrected chi connectivity index (χ0v) is 12.0. The number of nitriles is 1. The predicted molar refractivity (Wildman–Crippen MR) is 77.0 cm³/mol. The van der Waals surface area contributed by atoms with Crippen LogP contribution in [0, 0.1) is 17.1 Å². The predicted octanol–water partition coefficient (Wildman–Crippen LogP) is 2.68. The highest BCUT2D eigenvalue weighted by Gasteiger charge is 2.18. The second-order valence-corrected chi connectivity index (χ2v) is 5.06. The van der Waals surface area contributed by atoms with Gasteiger partial charge in [0.1, 0.15) is 17.5 Å². The Balaban J connectivity index is 2.09. The molecule has 1 amide bonds. The number of halogens is 2. The number of carbonyl (C=O) groups is 1. The van der Waals surface area contributed by atoms with Gasteiger partial charge in [-0.1, -0.05) is 17.7 Å². The maximum Gasteiger partial charge on any atom is 0.262 e. The first kappa shape index (κ1) is 15.5. The molecular weight excluding hydrogens is 295 g/mol. The summed E-state index contributed by atoms with van der Waals surface area (Å²) in [7, 11) is 0. The van der Waals surface area contributed by atoms with E-state index in [1.54, 1.807) is 6.07 Å². The SMILES string of the molecule is N#C/C(=C\c1c(F)cccc1Cl)C(=O)NC[C@@H]1CCCO1. The van der Waals surface area contributed by atoms with E-state index in [4.69, 9.17) is 21.6 Å². The molecular formula is C15H14ClFN2O2. The maximum atomic E-state index is 13.7. The van der Waals surface area contributed by atoms with Crippen molar-refractivity contribution < 1.29 is 13.9 Å². The standard InChI is InChI=1S/C15H14ClFN2O2/c16-13-4-1-5-14(17)12(13)7-10(8-18)15(20)19-9-11-3-2-6-21-11/h1,4-5,7,11H,2-3,6,9H2,(H,19,20)/b10-7+/t11-/m0/s1. The molecule has 0 saturated carbocycles. The van der Waals surface area contributed by atoms with Crippen LogP contribution in [0.2, 0.25) is 5.02 Å². The average molecular weight is 309 g/mol. The lowest BCUT2D eigenvalue weighted by molar-refractivity contribution is -0.117. The number of nitrogens with one attached hydrogen (secondary N) is 1. The molecule has 0 bridgehead atoms. The van der Waals surface area contributed by atoms with E-state index in [0.29, 0.717) is 13.2 Å². The van der Waals surface area contributed by atoms with Crippen molar-refractivity contribution in [1.29, 1.82) is 5.26 Å². The summed E-state index contributed by atoms with van der Waals surface area (Å²) in [6.45, 7) is 1.02. The van der Waals surface area contributed by atoms with Gasteiger partial charge in [-0.2, -0.15) is 5.26 Å². The van der Waals surface area contributed by atoms with Crippen LogP contribution < -0.4 is 5.32 Å². The van der Waals surface area contributed by atoms with Crippen molar-refractivity contribution >= 4 is 23.6 Å². The largest absolute Gasteiger partial charge is 0.376 e. The monoisotopic (exact) mass is 308 g/mol. The zero-order valence-electron chi connectivity index (χ0n) is 11.2. The Morgan fingerprint density at radius 1 is 1.62 bits per heavy atom. The summed E-state index contributed by atoms with van der Waals surface area (Å²) in [6.07, 6.45) is 2.98. The molecule has 0 spiro atoms. The highest BCUT2D eigenvalue weighted by molar-refractivity contribution is 6.32. The Bertz CT molecular complexity index is 584. The number of amides is 1. The third-order valence-electron chi connectivity index (χ3n) is 3.17. The van der Waals surface area contributed by atoms with Gasteiger partial charge >= 0.3 is 0 Å². The van der Waals surface area contributed by atoms with Crippen LogP contribution in [0.1, 0.15) is 18.4 Å². The Hall–Kier alpha value is -1.90. The van der Waals surface area contributed by atoms with Crippen LogP contribution in [0.15, 0.2) is 23.8 Å². The van der Waals surface area contributed by atoms with E-state index in [1.807, 2.05) is 0 Å². The molecule has 1 atom stereocenters. The van der Waals surface area contributed by atoms with Gasteiger partial charge in [-0.15, -0.1) is 0 Å². The number of carbonyl (C=O) groups excluding carboxylic acids is 1. The van der Waals surface area contributed by atoms with Gasteiger partial charge in [0.25, 0.3) is 5.91 Å². The third kappa shape index (κ3) is 4.03. The van der Waals surface area contributed by atoms with Crippen LogP contribution in [-0.4, -0.2) is 25.2 Å². The van der Waals surface area contributed by atoms with E-state index < -0.39 is 11.7 Å². The fraction of sp³-hybridized carbons (Fsp3) is 0.333. The Morgan fingerprint density at radius 3 is 3.05 bits per heavy atom. The lowest BCUT2D eigenvalue weighted by Gasteiger charge is -2.10. The summed E-state index contributed by atoms with van der Waals surface area (Å²) < 4.78 is 19.0. The Labute approximate surface area is 127 Å². The first-order chi connectivity index (χ1) is 10.1. The molecule has 0 unspecified atom stereocenters. The molecule has 1 aromatic carbocycles. The van der Waals surface area contributed by atoms with Gasteiger partial charge in [0.2, 0.25) is 0 Å². The van der Waals surface area contributed by atoms with Crippen molar-refractivity contribution in [2.24, 2.45) is 0 Å². The minimum absolute atomic E-state index is 0.0223. The van der Waals surface area contributed by atoms with Gasteiger partial charge in [-0.3, -0.25) is 4.79 Å². The molecule has 21 heavy (non-hydrogen) atoms. The van der Waals surface area contributed by atoms with Crippen molar-refractivity contribution in [2.45, 2.75) is 18.9 Å². The highest BCUT2D eigenvalue weighted by atomic mass is 35.5. The molecule has 0 aliphatic carbocycles. The van der Waals surface area contributed by atoms with E-state index >= 15 is 0 Å². The minimum atomic E-state index is -0.581. The second-order valence-electron chi connectivity index (χ2n) is 4.65. The van der Waals surface area contributed by atoms with E-state index in [2.05, 4.69) is 5.32 Å². The van der Waals surface area contributed by atoms with Crippen LogP contribution in [-0.2, 0) is 9.53 Å². The average Bonchev–Trinajstić information content (AvgIpc) is 2.98. The van der Waals surface area contributed by atoms with Crippen molar-refractivity contribution in [3.8, 4) is 6.07 Å².